The third-order valence-electron chi connectivity index (χ3n) is 0.944. The van der Waals surface area contributed by atoms with Gasteiger partial charge in [-0.2, -0.15) is 22.5 Å². The summed E-state index contributed by atoms with van der Waals surface area (Å²) in [5.74, 6) is -10.4. The van der Waals surface area contributed by atoms with Crippen LogP contribution < -0.4 is 0 Å². The van der Waals surface area contributed by atoms with Crippen LogP contribution in [-0.4, -0.2) is 4.98 Å². The number of halogens is 5. The Morgan fingerprint density at radius 1 is 0.667 bits per heavy atom. The summed E-state index contributed by atoms with van der Waals surface area (Å²) in [5, 5.41) is 0. The van der Waals surface area contributed by atoms with Gasteiger partial charge in [-0.25, -0.2) is 4.39 Å². The quantitative estimate of drug-likeness (QED) is 0.446. The molecule has 68 valence electrons. The third-order valence-corrected chi connectivity index (χ3v) is 0.944. The van der Waals surface area contributed by atoms with Gasteiger partial charge in [0.25, 0.3) is 11.9 Å². The second kappa shape index (κ2) is 3.46. The van der Waals surface area contributed by atoms with E-state index in [2.05, 4.69) is 4.98 Å². The van der Waals surface area contributed by atoms with Crippen LogP contribution in [0.1, 0.15) is 7.43 Å². The Labute approximate surface area is 64.8 Å². The van der Waals surface area contributed by atoms with Crippen molar-refractivity contribution >= 4 is 0 Å². The first-order valence-corrected chi connectivity index (χ1v) is 2.39. The van der Waals surface area contributed by atoms with Crippen LogP contribution in [0.5, 0.6) is 0 Å². The predicted molar refractivity (Wildman–Crippen MR) is 30.8 cm³/mol. The number of hydrogen-bond donors (Lipinski definition) is 0. The van der Waals surface area contributed by atoms with Crippen LogP contribution >= 0.6 is 0 Å². The lowest BCUT2D eigenvalue weighted by atomic mass is 10.4. The van der Waals surface area contributed by atoms with Gasteiger partial charge in [0.05, 0.1) is 0 Å². The van der Waals surface area contributed by atoms with Crippen molar-refractivity contribution in [1.82, 2.24) is 4.98 Å². The summed E-state index contributed by atoms with van der Waals surface area (Å²) in [7, 11) is 0. The number of nitrogens with zero attached hydrogens (tertiary/aromatic N) is 1. The summed E-state index contributed by atoms with van der Waals surface area (Å²) in [6.07, 6.45) is 0. The van der Waals surface area contributed by atoms with Gasteiger partial charge in [-0.15, -0.1) is 0 Å². The maximum atomic E-state index is 12.0. The maximum absolute atomic E-state index is 12.0. The summed E-state index contributed by atoms with van der Waals surface area (Å²) in [6.45, 7) is 0. The van der Waals surface area contributed by atoms with E-state index in [0.29, 0.717) is 0 Å². The smallest absolute Gasteiger partial charge is 0.200 e. The molecule has 1 aromatic rings. The van der Waals surface area contributed by atoms with Crippen molar-refractivity contribution in [2.75, 3.05) is 0 Å². The zero-order valence-electron chi connectivity index (χ0n) is 4.84. The summed E-state index contributed by atoms with van der Waals surface area (Å²) in [6, 6.07) is 0. The molecule has 0 aliphatic carbocycles. The van der Waals surface area contributed by atoms with Crippen LogP contribution in [0.15, 0.2) is 0 Å². The predicted octanol–water partition coefficient (Wildman–Crippen LogP) is 2.41. The summed E-state index contributed by atoms with van der Waals surface area (Å²) in [4.78, 5) is 2.11. The second-order valence-electron chi connectivity index (χ2n) is 1.64. The highest BCUT2D eigenvalue weighted by Crippen LogP contribution is 2.13. The van der Waals surface area contributed by atoms with E-state index in [1.54, 1.807) is 0 Å². The Kier molecular flexibility index (Phi) is 3.12. The van der Waals surface area contributed by atoms with E-state index >= 15 is 0 Å². The Morgan fingerprint density at radius 2 is 1.00 bits per heavy atom. The third kappa shape index (κ3) is 1.51. The fourth-order valence-electron chi connectivity index (χ4n) is 0.462. The van der Waals surface area contributed by atoms with Gasteiger partial charge >= 0.3 is 0 Å². The Morgan fingerprint density at radius 3 is 1.33 bits per heavy atom. The van der Waals surface area contributed by atoms with E-state index < -0.39 is 29.3 Å². The van der Waals surface area contributed by atoms with Gasteiger partial charge in [-0.1, -0.05) is 7.43 Å². The molecule has 0 spiro atoms. The average Bonchev–Trinajstić information content (AvgIpc) is 1.97. The molecule has 0 bridgehead atoms. The van der Waals surface area contributed by atoms with Crippen LogP contribution in [0, 0.1) is 29.3 Å². The monoisotopic (exact) mass is 185 g/mol. The molecular weight excluding hydrogens is 181 g/mol. The molecule has 6 heteroatoms. The van der Waals surface area contributed by atoms with Crippen LogP contribution in [-0.2, 0) is 0 Å². The zero-order valence-corrected chi connectivity index (χ0v) is 4.84. The molecule has 12 heavy (non-hydrogen) atoms. The number of rotatable bonds is 0. The van der Waals surface area contributed by atoms with Gasteiger partial charge in [0.15, 0.2) is 0 Å². The Bertz CT molecular complexity index is 272. The minimum atomic E-state index is -2.20. The molecule has 1 aromatic heterocycles. The lowest BCUT2D eigenvalue weighted by molar-refractivity contribution is 0.348. The molecular formula is C6H4F5N. The van der Waals surface area contributed by atoms with Crippen molar-refractivity contribution in [2.24, 2.45) is 0 Å². The van der Waals surface area contributed by atoms with Crippen LogP contribution in [0.3, 0.4) is 0 Å². The maximum Gasteiger partial charge on any atom is 0.254 e. The van der Waals surface area contributed by atoms with Gasteiger partial charge in [-0.05, 0) is 0 Å². The molecule has 0 unspecified atom stereocenters. The van der Waals surface area contributed by atoms with Gasteiger partial charge in [-0.3, -0.25) is 0 Å². The second-order valence-corrected chi connectivity index (χ2v) is 1.64. The highest BCUT2D eigenvalue weighted by Gasteiger charge is 2.19. The molecule has 0 saturated carbocycles. The molecule has 0 aromatic carbocycles. The average molecular weight is 185 g/mol. The number of aromatic nitrogens is 1. The standard InChI is InChI=1S/C5F5N.CH4/c6-1-2(7)4(9)11-5(10)3(1)8;/h;1H4. The molecule has 0 aliphatic heterocycles. The molecule has 0 radical (unpaired) electrons. The lowest BCUT2D eigenvalue weighted by Crippen LogP contribution is -2.03. The fourth-order valence-corrected chi connectivity index (χ4v) is 0.462. The molecule has 1 rings (SSSR count). The largest absolute Gasteiger partial charge is 0.254 e. The molecule has 0 atom stereocenters. The molecule has 0 saturated heterocycles. The van der Waals surface area contributed by atoms with E-state index in [1.807, 2.05) is 0 Å². The number of hydrogen-bond acceptors (Lipinski definition) is 1. The molecule has 0 amide bonds. The van der Waals surface area contributed by atoms with Crippen molar-refractivity contribution in [3.05, 3.63) is 29.3 Å². The van der Waals surface area contributed by atoms with Crippen LogP contribution in [0.25, 0.3) is 0 Å². The Balaban J connectivity index is 0.00000121. The summed E-state index contributed by atoms with van der Waals surface area (Å²) < 4.78 is 59.7. The molecule has 0 aliphatic rings. The van der Waals surface area contributed by atoms with Gasteiger partial charge < -0.3 is 0 Å². The molecule has 1 heterocycles. The van der Waals surface area contributed by atoms with Crippen molar-refractivity contribution < 1.29 is 22.0 Å². The topological polar surface area (TPSA) is 12.9 Å². The van der Waals surface area contributed by atoms with E-state index in [9.17, 15) is 22.0 Å². The first-order chi connectivity index (χ1) is 5.04. The highest BCUT2D eigenvalue weighted by atomic mass is 19.2. The Hall–Kier alpha value is -1.20. The van der Waals surface area contributed by atoms with Crippen molar-refractivity contribution in [1.29, 1.82) is 0 Å². The van der Waals surface area contributed by atoms with Gasteiger partial charge in [0, 0.05) is 0 Å². The lowest BCUT2D eigenvalue weighted by Gasteiger charge is -1.95. The molecule has 0 fully saturated rings. The van der Waals surface area contributed by atoms with Crippen LogP contribution in [0.2, 0.25) is 0 Å². The van der Waals surface area contributed by atoms with Crippen molar-refractivity contribution in [3.63, 3.8) is 0 Å². The van der Waals surface area contributed by atoms with Crippen molar-refractivity contribution in [2.45, 2.75) is 7.43 Å². The van der Waals surface area contributed by atoms with Crippen LogP contribution in [0.4, 0.5) is 22.0 Å². The van der Waals surface area contributed by atoms with E-state index in [1.165, 1.54) is 0 Å². The van der Waals surface area contributed by atoms with Gasteiger partial charge in [0.1, 0.15) is 0 Å². The molecule has 0 N–H and O–H groups in total. The zero-order chi connectivity index (χ0) is 8.59. The van der Waals surface area contributed by atoms with E-state index in [0.717, 1.165) is 0 Å². The summed E-state index contributed by atoms with van der Waals surface area (Å²) in [5.41, 5.74) is 0. The minimum Gasteiger partial charge on any atom is -0.200 e. The van der Waals surface area contributed by atoms with E-state index in [-0.39, 0.29) is 7.43 Å². The fraction of sp³-hybridized carbons (Fsp3) is 0.167. The van der Waals surface area contributed by atoms with Gasteiger partial charge in [0.2, 0.25) is 17.5 Å². The summed E-state index contributed by atoms with van der Waals surface area (Å²) >= 11 is 0. The number of pyridine rings is 1. The normalized spacial score (nSPS) is 9.42. The minimum absolute atomic E-state index is 0. The van der Waals surface area contributed by atoms with Crippen molar-refractivity contribution in [3.8, 4) is 0 Å². The molecule has 1 nitrogen and oxygen atoms in total. The SMILES string of the molecule is C.Fc1nc(F)c(F)c(F)c1F. The first kappa shape index (κ1) is 10.8. The van der Waals surface area contributed by atoms with E-state index in [4.69, 9.17) is 0 Å². The first-order valence-electron chi connectivity index (χ1n) is 2.39. The highest BCUT2D eigenvalue weighted by molar-refractivity contribution is 5.03.